The number of amides is 1. The number of carbonyl (C=O) groups excluding carboxylic acids is 1. The number of hydrazine groups is 1. The van der Waals surface area contributed by atoms with Crippen molar-refractivity contribution in [2.45, 2.75) is 18.9 Å². The van der Waals surface area contributed by atoms with Crippen LogP contribution < -0.4 is 16.2 Å². The third-order valence-corrected chi connectivity index (χ3v) is 3.84. The van der Waals surface area contributed by atoms with Crippen LogP contribution in [0.3, 0.4) is 0 Å². The number of methoxy groups -OCH3 is 1. The van der Waals surface area contributed by atoms with E-state index in [1.165, 1.54) is 0 Å². The minimum Gasteiger partial charge on any atom is -0.383 e. The van der Waals surface area contributed by atoms with Crippen molar-refractivity contribution in [2.75, 3.05) is 13.7 Å². The molecule has 0 spiro atoms. The highest BCUT2D eigenvalue weighted by Crippen LogP contribution is 2.24. The van der Waals surface area contributed by atoms with Crippen LogP contribution in [-0.2, 0) is 9.53 Å². The number of ether oxygens (including phenoxy) is 1. The molecule has 3 N–H and O–H groups in total. The molecule has 0 unspecified atom stereocenters. The van der Waals surface area contributed by atoms with Crippen LogP contribution in [0, 0.1) is 0 Å². The van der Waals surface area contributed by atoms with Crippen LogP contribution in [0.2, 0.25) is 0 Å². The lowest BCUT2D eigenvalue weighted by Gasteiger charge is -2.20. The second-order valence-corrected chi connectivity index (χ2v) is 6.11. The number of carbonyl (C=O) groups is 1. The van der Waals surface area contributed by atoms with Crippen LogP contribution in [0.5, 0.6) is 0 Å². The Labute approximate surface area is 153 Å². The largest absolute Gasteiger partial charge is 0.383 e. The Hall–Kier alpha value is -2.44. The Kier molecular flexibility index (Phi) is 7.37. The third kappa shape index (κ3) is 5.85. The van der Waals surface area contributed by atoms with Gasteiger partial charge in [0.1, 0.15) is 0 Å². The predicted molar refractivity (Wildman–Crippen MR) is 103 cm³/mol. The van der Waals surface area contributed by atoms with E-state index < -0.39 is 5.92 Å². The summed E-state index contributed by atoms with van der Waals surface area (Å²) in [5.74, 6) is -0.602. The fourth-order valence-electron chi connectivity index (χ4n) is 2.53. The molecule has 0 saturated carbocycles. The van der Waals surface area contributed by atoms with Crippen LogP contribution in [-0.4, -0.2) is 30.8 Å². The second-order valence-electron chi connectivity index (χ2n) is 5.70. The average molecular weight is 357 g/mol. The lowest BCUT2D eigenvalue weighted by Crippen LogP contribution is -2.51. The second kappa shape index (κ2) is 9.76. The fourth-order valence-corrected chi connectivity index (χ4v) is 2.78. The highest BCUT2D eigenvalue weighted by Gasteiger charge is 2.22. The number of nitrogens with one attached hydrogen (secondary N) is 3. The number of hydrogen-bond donors (Lipinski definition) is 3. The molecule has 1 atom stereocenters. The summed E-state index contributed by atoms with van der Waals surface area (Å²) in [6.45, 7) is 2.46. The molecule has 0 aromatic heterocycles. The third-order valence-electron chi connectivity index (χ3n) is 3.62. The zero-order valence-electron chi connectivity index (χ0n) is 14.4. The Morgan fingerprint density at radius 2 is 1.52 bits per heavy atom. The summed E-state index contributed by atoms with van der Waals surface area (Å²) in [6.07, 6.45) is 0. The quantitative estimate of drug-likeness (QED) is 0.547. The highest BCUT2D eigenvalue weighted by atomic mass is 32.1. The standard InChI is InChI=1S/C19H23N3O2S/c1-14(13-24-2)20-19(25)22-21-18(23)17(15-9-5-3-6-10-15)16-11-7-4-8-12-16/h3-12,14,17H,13H2,1-2H3,(H,21,23)(H2,20,22,25)/t14-/m1/s1. The molecule has 0 heterocycles. The van der Waals surface area contributed by atoms with Crippen molar-refractivity contribution in [2.24, 2.45) is 0 Å². The Morgan fingerprint density at radius 1 is 1.00 bits per heavy atom. The van der Waals surface area contributed by atoms with E-state index >= 15 is 0 Å². The molecule has 1 amide bonds. The van der Waals surface area contributed by atoms with Crippen LogP contribution in [0.15, 0.2) is 60.7 Å². The van der Waals surface area contributed by atoms with Gasteiger partial charge in [-0.1, -0.05) is 60.7 Å². The number of thiocarbonyl (C=S) groups is 1. The van der Waals surface area contributed by atoms with Gasteiger partial charge in [-0.2, -0.15) is 0 Å². The van der Waals surface area contributed by atoms with Gasteiger partial charge < -0.3 is 10.1 Å². The Morgan fingerprint density at radius 3 is 2.00 bits per heavy atom. The van der Waals surface area contributed by atoms with Crippen LogP contribution in [0.4, 0.5) is 0 Å². The molecule has 0 saturated heterocycles. The number of rotatable bonds is 6. The molecule has 2 aromatic carbocycles. The Bertz CT molecular complexity index is 640. The van der Waals surface area contributed by atoms with Gasteiger partial charge >= 0.3 is 0 Å². The summed E-state index contributed by atoms with van der Waals surface area (Å²) in [5.41, 5.74) is 7.28. The fraction of sp³-hybridized carbons (Fsp3) is 0.263. The summed E-state index contributed by atoms with van der Waals surface area (Å²) >= 11 is 5.19. The minimum atomic E-state index is -0.422. The van der Waals surface area contributed by atoms with Crippen molar-refractivity contribution < 1.29 is 9.53 Å². The maximum atomic E-state index is 12.8. The van der Waals surface area contributed by atoms with Gasteiger partial charge in [0.05, 0.1) is 12.5 Å². The van der Waals surface area contributed by atoms with E-state index in [2.05, 4.69) is 16.2 Å². The minimum absolute atomic E-state index is 0.0425. The Balaban J connectivity index is 2.05. The van der Waals surface area contributed by atoms with E-state index in [1.54, 1.807) is 7.11 Å². The smallest absolute Gasteiger partial charge is 0.250 e. The molecule has 5 nitrogen and oxygen atoms in total. The first-order valence-electron chi connectivity index (χ1n) is 8.07. The first-order valence-corrected chi connectivity index (χ1v) is 8.48. The molecule has 0 radical (unpaired) electrons. The van der Waals surface area contributed by atoms with Crippen LogP contribution in [0.1, 0.15) is 24.0 Å². The molecule has 0 fully saturated rings. The van der Waals surface area contributed by atoms with Crippen LogP contribution in [0.25, 0.3) is 0 Å². The normalized spacial score (nSPS) is 11.6. The van der Waals surface area contributed by atoms with Gasteiger partial charge in [0.15, 0.2) is 5.11 Å². The molecular formula is C19H23N3O2S. The topological polar surface area (TPSA) is 62.4 Å². The predicted octanol–water partition coefficient (Wildman–Crippen LogP) is 2.35. The van der Waals surface area contributed by atoms with E-state index in [-0.39, 0.29) is 11.9 Å². The van der Waals surface area contributed by atoms with Gasteiger partial charge in [-0.3, -0.25) is 15.6 Å². The average Bonchev–Trinajstić information content (AvgIpc) is 2.62. The van der Waals surface area contributed by atoms with E-state index in [9.17, 15) is 4.79 Å². The monoisotopic (exact) mass is 357 g/mol. The van der Waals surface area contributed by atoms with Crippen molar-refractivity contribution in [1.82, 2.24) is 16.2 Å². The SMILES string of the molecule is COC[C@@H](C)NC(=S)NNC(=O)C(c1ccccc1)c1ccccc1. The number of hydrogen-bond acceptors (Lipinski definition) is 3. The van der Waals surface area contributed by atoms with Gasteiger partial charge in [-0.15, -0.1) is 0 Å². The molecule has 0 aliphatic heterocycles. The molecule has 132 valence electrons. The highest BCUT2D eigenvalue weighted by molar-refractivity contribution is 7.80. The maximum absolute atomic E-state index is 12.8. The van der Waals surface area contributed by atoms with E-state index in [0.29, 0.717) is 11.7 Å². The summed E-state index contributed by atoms with van der Waals surface area (Å²) in [6, 6.07) is 19.3. The molecule has 6 heteroatoms. The zero-order valence-corrected chi connectivity index (χ0v) is 15.2. The summed E-state index contributed by atoms with van der Waals surface area (Å²) in [4.78, 5) is 12.8. The zero-order chi connectivity index (χ0) is 18.1. The molecule has 0 aliphatic carbocycles. The van der Waals surface area contributed by atoms with Gasteiger partial charge in [-0.05, 0) is 30.3 Å². The maximum Gasteiger partial charge on any atom is 0.250 e. The molecule has 2 rings (SSSR count). The van der Waals surface area contributed by atoms with Crippen molar-refractivity contribution in [3.8, 4) is 0 Å². The van der Waals surface area contributed by atoms with E-state index in [4.69, 9.17) is 17.0 Å². The molecule has 25 heavy (non-hydrogen) atoms. The first kappa shape index (κ1) is 18.9. The van der Waals surface area contributed by atoms with Gasteiger partial charge in [0.25, 0.3) is 0 Å². The lowest BCUT2D eigenvalue weighted by molar-refractivity contribution is -0.122. The van der Waals surface area contributed by atoms with Crippen molar-refractivity contribution in [3.63, 3.8) is 0 Å². The lowest BCUT2D eigenvalue weighted by atomic mass is 9.91. The van der Waals surface area contributed by atoms with Gasteiger partial charge in [0.2, 0.25) is 5.91 Å². The summed E-state index contributed by atoms with van der Waals surface area (Å²) in [5, 5.41) is 3.38. The molecule has 0 aliphatic rings. The van der Waals surface area contributed by atoms with Crippen molar-refractivity contribution >= 4 is 23.2 Å². The molecule has 0 bridgehead atoms. The first-order chi connectivity index (χ1) is 12.1. The molecule has 2 aromatic rings. The van der Waals surface area contributed by atoms with Crippen LogP contribution >= 0.6 is 12.2 Å². The van der Waals surface area contributed by atoms with Gasteiger partial charge in [-0.25, -0.2) is 0 Å². The summed E-state index contributed by atoms with van der Waals surface area (Å²) in [7, 11) is 1.63. The molecular weight excluding hydrogens is 334 g/mol. The van der Waals surface area contributed by atoms with E-state index in [0.717, 1.165) is 11.1 Å². The summed E-state index contributed by atoms with van der Waals surface area (Å²) < 4.78 is 5.05. The van der Waals surface area contributed by atoms with Crippen molar-refractivity contribution in [3.05, 3.63) is 71.8 Å². The van der Waals surface area contributed by atoms with E-state index in [1.807, 2.05) is 67.6 Å². The van der Waals surface area contributed by atoms with Crippen molar-refractivity contribution in [1.29, 1.82) is 0 Å². The number of benzene rings is 2. The van der Waals surface area contributed by atoms with Gasteiger partial charge in [0, 0.05) is 13.2 Å².